The molecule has 0 unspecified atom stereocenters. The Morgan fingerprint density at radius 3 is 2.60 bits per heavy atom. The first-order valence-corrected chi connectivity index (χ1v) is 5.12. The number of aryl methyl sites for hydroxylation is 2. The van der Waals surface area contributed by atoms with E-state index >= 15 is 0 Å². The Balaban J connectivity index is 2.02. The van der Waals surface area contributed by atoms with Gasteiger partial charge in [0.15, 0.2) is 0 Å². The number of aromatic amines is 1. The third-order valence-electron chi connectivity index (χ3n) is 2.28. The molecular formula is C11H11ClN2O. The van der Waals surface area contributed by atoms with Gasteiger partial charge in [0.2, 0.25) is 0 Å². The Hall–Kier alpha value is -1.48. The van der Waals surface area contributed by atoms with Crippen LogP contribution in [-0.4, -0.2) is 9.55 Å². The zero-order valence-electron chi connectivity index (χ0n) is 8.11. The number of rotatable bonds is 3. The highest BCUT2D eigenvalue weighted by Crippen LogP contribution is 2.10. The maximum atomic E-state index is 11.2. The molecule has 78 valence electrons. The van der Waals surface area contributed by atoms with Crippen LogP contribution in [0.1, 0.15) is 5.56 Å². The van der Waals surface area contributed by atoms with E-state index in [1.165, 1.54) is 5.56 Å². The van der Waals surface area contributed by atoms with E-state index in [0.29, 0.717) is 6.54 Å². The Morgan fingerprint density at radius 1 is 1.27 bits per heavy atom. The van der Waals surface area contributed by atoms with Crippen LogP contribution in [0, 0.1) is 0 Å². The van der Waals surface area contributed by atoms with Gasteiger partial charge in [-0.05, 0) is 24.1 Å². The van der Waals surface area contributed by atoms with E-state index in [2.05, 4.69) is 4.98 Å². The van der Waals surface area contributed by atoms with Crippen LogP contribution >= 0.6 is 11.6 Å². The van der Waals surface area contributed by atoms with Gasteiger partial charge < -0.3 is 4.98 Å². The second kappa shape index (κ2) is 4.36. The fourth-order valence-corrected chi connectivity index (χ4v) is 1.55. The Labute approximate surface area is 92.3 Å². The van der Waals surface area contributed by atoms with Crippen molar-refractivity contribution in [2.45, 2.75) is 13.0 Å². The molecular weight excluding hydrogens is 212 g/mol. The predicted octanol–water partition coefficient (Wildman–Crippen LogP) is 2.07. The molecule has 1 N–H and O–H groups in total. The van der Waals surface area contributed by atoms with Gasteiger partial charge in [0.25, 0.3) is 0 Å². The zero-order chi connectivity index (χ0) is 10.7. The maximum Gasteiger partial charge on any atom is 0.325 e. The second-order valence-electron chi connectivity index (χ2n) is 3.34. The molecule has 15 heavy (non-hydrogen) atoms. The Bertz CT molecular complexity index is 484. The number of nitrogens with one attached hydrogen (secondary N) is 1. The summed E-state index contributed by atoms with van der Waals surface area (Å²) in [5.74, 6) is 0. The lowest BCUT2D eigenvalue weighted by atomic mass is 10.1. The minimum absolute atomic E-state index is 0.0658. The van der Waals surface area contributed by atoms with Gasteiger partial charge in [-0.15, -0.1) is 0 Å². The maximum absolute atomic E-state index is 11.2. The molecule has 4 heteroatoms. The van der Waals surface area contributed by atoms with E-state index in [1.807, 2.05) is 24.3 Å². The molecule has 0 spiro atoms. The normalized spacial score (nSPS) is 10.5. The summed E-state index contributed by atoms with van der Waals surface area (Å²) < 4.78 is 1.65. The molecule has 0 saturated heterocycles. The summed E-state index contributed by atoms with van der Waals surface area (Å²) >= 11 is 5.78. The number of hydrogen-bond donors (Lipinski definition) is 1. The second-order valence-corrected chi connectivity index (χ2v) is 3.77. The highest BCUT2D eigenvalue weighted by molar-refractivity contribution is 6.30. The first-order chi connectivity index (χ1) is 7.25. The number of H-pyrrole nitrogens is 1. The van der Waals surface area contributed by atoms with Crippen molar-refractivity contribution in [3.63, 3.8) is 0 Å². The zero-order valence-corrected chi connectivity index (χ0v) is 8.87. The Kier molecular flexibility index (Phi) is 2.92. The van der Waals surface area contributed by atoms with Crippen molar-refractivity contribution >= 4 is 11.6 Å². The number of nitrogens with zero attached hydrogens (tertiary/aromatic N) is 1. The molecule has 0 aliphatic carbocycles. The highest BCUT2D eigenvalue weighted by atomic mass is 35.5. The van der Waals surface area contributed by atoms with Crippen LogP contribution in [0.25, 0.3) is 0 Å². The van der Waals surface area contributed by atoms with Crippen molar-refractivity contribution in [1.82, 2.24) is 9.55 Å². The number of imidazole rings is 1. The van der Waals surface area contributed by atoms with Crippen molar-refractivity contribution in [2.75, 3.05) is 0 Å². The van der Waals surface area contributed by atoms with Crippen molar-refractivity contribution in [3.05, 3.63) is 57.7 Å². The lowest BCUT2D eigenvalue weighted by Crippen LogP contribution is -2.17. The number of aromatic nitrogens is 2. The van der Waals surface area contributed by atoms with Crippen LogP contribution in [0.5, 0.6) is 0 Å². The fourth-order valence-electron chi connectivity index (χ4n) is 1.43. The summed E-state index contributed by atoms with van der Waals surface area (Å²) in [5, 5.41) is 0.734. The minimum Gasteiger partial charge on any atom is -0.313 e. The van der Waals surface area contributed by atoms with Gasteiger partial charge >= 0.3 is 5.69 Å². The largest absolute Gasteiger partial charge is 0.325 e. The third-order valence-corrected chi connectivity index (χ3v) is 2.53. The summed E-state index contributed by atoms with van der Waals surface area (Å²) in [7, 11) is 0. The van der Waals surface area contributed by atoms with E-state index < -0.39 is 0 Å². The number of benzene rings is 1. The average Bonchev–Trinajstić information content (AvgIpc) is 2.63. The van der Waals surface area contributed by atoms with Gasteiger partial charge in [-0.3, -0.25) is 4.57 Å². The van der Waals surface area contributed by atoms with Crippen LogP contribution < -0.4 is 5.69 Å². The molecule has 0 aliphatic rings. The van der Waals surface area contributed by atoms with Crippen LogP contribution in [0.2, 0.25) is 5.02 Å². The fraction of sp³-hybridized carbons (Fsp3) is 0.182. The van der Waals surface area contributed by atoms with Crippen LogP contribution in [-0.2, 0) is 13.0 Å². The standard InChI is InChI=1S/C11H11ClN2O/c12-10-3-1-9(2-4-10)5-7-14-8-6-13-11(14)15/h1-4,6,8H,5,7H2,(H,13,15). The highest BCUT2D eigenvalue weighted by Gasteiger charge is 1.97. The molecule has 0 bridgehead atoms. The molecule has 0 saturated carbocycles. The molecule has 0 atom stereocenters. The summed E-state index contributed by atoms with van der Waals surface area (Å²) in [6.45, 7) is 0.684. The van der Waals surface area contributed by atoms with Crippen molar-refractivity contribution < 1.29 is 0 Å². The molecule has 3 nitrogen and oxygen atoms in total. The Morgan fingerprint density at radius 2 is 2.00 bits per heavy atom. The lowest BCUT2D eigenvalue weighted by molar-refractivity contribution is 0.672. The number of halogens is 1. The van der Waals surface area contributed by atoms with E-state index in [9.17, 15) is 4.79 Å². The van der Waals surface area contributed by atoms with Gasteiger partial charge in [-0.25, -0.2) is 4.79 Å². The van der Waals surface area contributed by atoms with Crippen molar-refractivity contribution in [2.24, 2.45) is 0 Å². The van der Waals surface area contributed by atoms with Crippen molar-refractivity contribution in [3.8, 4) is 0 Å². The monoisotopic (exact) mass is 222 g/mol. The van der Waals surface area contributed by atoms with Gasteiger partial charge in [0.05, 0.1) is 0 Å². The van der Waals surface area contributed by atoms with Crippen LogP contribution in [0.4, 0.5) is 0 Å². The first kappa shape index (κ1) is 10.1. The molecule has 2 aromatic rings. The molecule has 1 heterocycles. The topological polar surface area (TPSA) is 37.8 Å². The first-order valence-electron chi connectivity index (χ1n) is 4.74. The molecule has 0 amide bonds. The van der Waals surface area contributed by atoms with Crippen molar-refractivity contribution in [1.29, 1.82) is 0 Å². The summed E-state index contributed by atoms with van der Waals surface area (Å²) in [5.41, 5.74) is 1.11. The minimum atomic E-state index is -0.0658. The van der Waals surface area contributed by atoms with E-state index in [4.69, 9.17) is 11.6 Å². The molecule has 1 aromatic carbocycles. The smallest absolute Gasteiger partial charge is 0.313 e. The van der Waals surface area contributed by atoms with Gasteiger partial charge in [-0.1, -0.05) is 23.7 Å². The van der Waals surface area contributed by atoms with E-state index in [-0.39, 0.29) is 5.69 Å². The molecule has 0 aliphatic heterocycles. The van der Waals surface area contributed by atoms with Gasteiger partial charge in [0.1, 0.15) is 0 Å². The van der Waals surface area contributed by atoms with Gasteiger partial charge in [-0.2, -0.15) is 0 Å². The van der Waals surface area contributed by atoms with Gasteiger partial charge in [0, 0.05) is 24.0 Å². The van der Waals surface area contributed by atoms with E-state index in [1.54, 1.807) is 17.0 Å². The van der Waals surface area contributed by atoms with Crippen LogP contribution in [0.15, 0.2) is 41.5 Å². The molecule has 0 fully saturated rings. The van der Waals surface area contributed by atoms with Crippen LogP contribution in [0.3, 0.4) is 0 Å². The third kappa shape index (κ3) is 2.50. The SMILES string of the molecule is O=c1[nH]ccn1CCc1ccc(Cl)cc1. The summed E-state index contributed by atoms with van der Waals surface area (Å²) in [6.07, 6.45) is 4.22. The number of hydrogen-bond acceptors (Lipinski definition) is 1. The quantitative estimate of drug-likeness (QED) is 0.848. The summed E-state index contributed by atoms with van der Waals surface area (Å²) in [4.78, 5) is 13.8. The molecule has 1 aromatic heterocycles. The summed E-state index contributed by atoms with van der Waals surface area (Å²) in [6, 6.07) is 7.66. The predicted molar refractivity (Wildman–Crippen MR) is 60.2 cm³/mol. The average molecular weight is 223 g/mol. The molecule has 2 rings (SSSR count). The van der Waals surface area contributed by atoms with E-state index in [0.717, 1.165) is 11.4 Å². The lowest BCUT2D eigenvalue weighted by Gasteiger charge is -2.01. The molecule has 0 radical (unpaired) electrons.